The van der Waals surface area contributed by atoms with Crippen LogP contribution in [0.3, 0.4) is 0 Å². The van der Waals surface area contributed by atoms with Crippen molar-refractivity contribution in [2.45, 2.75) is 13.8 Å². The van der Waals surface area contributed by atoms with Gasteiger partial charge in [-0.2, -0.15) is 0 Å². The second-order valence-electron chi connectivity index (χ2n) is 6.18. The zero-order valence-electron chi connectivity index (χ0n) is 15.6. The molecule has 9 heteroatoms. The molecule has 0 aliphatic heterocycles. The van der Waals surface area contributed by atoms with E-state index in [9.17, 15) is 4.79 Å². The van der Waals surface area contributed by atoms with Crippen LogP contribution in [0.4, 0.5) is 5.69 Å². The number of ether oxygens (including phenoxy) is 1. The summed E-state index contributed by atoms with van der Waals surface area (Å²) in [6, 6.07) is 11.9. The van der Waals surface area contributed by atoms with Crippen LogP contribution in [0.15, 0.2) is 64.2 Å². The molecule has 8 nitrogen and oxygen atoms in total. The SMILES string of the molecule is Cc1ncn(-c2cc(Oc3ccc(NC(=O)c4ccc(Br)o4)cc3)ncn2)c1C. The van der Waals surface area contributed by atoms with Crippen molar-refractivity contribution in [1.82, 2.24) is 19.5 Å². The van der Waals surface area contributed by atoms with Crippen LogP contribution >= 0.6 is 15.9 Å². The van der Waals surface area contributed by atoms with E-state index in [1.54, 1.807) is 48.8 Å². The van der Waals surface area contributed by atoms with Crippen molar-refractivity contribution in [3.8, 4) is 17.4 Å². The van der Waals surface area contributed by atoms with Gasteiger partial charge in [0.1, 0.15) is 24.2 Å². The van der Waals surface area contributed by atoms with Crippen LogP contribution in [0, 0.1) is 13.8 Å². The molecule has 0 spiro atoms. The Morgan fingerprint density at radius 3 is 2.55 bits per heavy atom. The molecule has 0 saturated carbocycles. The summed E-state index contributed by atoms with van der Waals surface area (Å²) >= 11 is 3.17. The summed E-state index contributed by atoms with van der Waals surface area (Å²) in [6.07, 6.45) is 3.15. The Balaban J connectivity index is 1.46. The first kappa shape index (κ1) is 18.9. The smallest absolute Gasteiger partial charge is 0.291 e. The van der Waals surface area contributed by atoms with Gasteiger partial charge < -0.3 is 14.5 Å². The van der Waals surface area contributed by atoms with Gasteiger partial charge in [-0.25, -0.2) is 15.0 Å². The maximum absolute atomic E-state index is 12.1. The quantitative estimate of drug-likeness (QED) is 0.471. The predicted molar refractivity (Wildman–Crippen MR) is 110 cm³/mol. The Morgan fingerprint density at radius 1 is 1.10 bits per heavy atom. The first-order chi connectivity index (χ1) is 14.0. The topological polar surface area (TPSA) is 95.1 Å². The lowest BCUT2D eigenvalue weighted by Crippen LogP contribution is -2.10. The highest BCUT2D eigenvalue weighted by molar-refractivity contribution is 9.10. The van der Waals surface area contributed by atoms with Crippen molar-refractivity contribution in [2.24, 2.45) is 0 Å². The number of aryl methyl sites for hydroxylation is 1. The van der Waals surface area contributed by atoms with E-state index in [2.05, 4.69) is 36.2 Å². The molecule has 0 bridgehead atoms. The number of imidazole rings is 1. The van der Waals surface area contributed by atoms with Gasteiger partial charge in [-0.15, -0.1) is 0 Å². The monoisotopic (exact) mass is 453 g/mol. The number of nitrogens with zero attached hydrogens (tertiary/aromatic N) is 4. The Morgan fingerprint density at radius 2 is 1.90 bits per heavy atom. The molecule has 4 rings (SSSR count). The molecule has 1 amide bonds. The van der Waals surface area contributed by atoms with Crippen LogP contribution < -0.4 is 10.1 Å². The molecule has 0 unspecified atom stereocenters. The average Bonchev–Trinajstić information content (AvgIpc) is 3.30. The van der Waals surface area contributed by atoms with Crippen molar-refractivity contribution in [2.75, 3.05) is 5.32 Å². The Bertz CT molecular complexity index is 1170. The van der Waals surface area contributed by atoms with Crippen molar-refractivity contribution in [3.05, 3.63) is 76.9 Å². The number of amides is 1. The molecule has 0 saturated heterocycles. The second kappa shape index (κ2) is 7.88. The highest BCUT2D eigenvalue weighted by atomic mass is 79.9. The van der Waals surface area contributed by atoms with Crippen LogP contribution in [-0.4, -0.2) is 25.4 Å². The molecule has 3 aromatic heterocycles. The van der Waals surface area contributed by atoms with Gasteiger partial charge in [-0.05, 0) is 66.2 Å². The fraction of sp³-hybridized carbons (Fsp3) is 0.100. The lowest BCUT2D eigenvalue weighted by atomic mass is 10.3. The van der Waals surface area contributed by atoms with Gasteiger partial charge in [0, 0.05) is 17.4 Å². The predicted octanol–water partition coefficient (Wildman–Crippen LogP) is 4.68. The van der Waals surface area contributed by atoms with Crippen LogP contribution in [0.1, 0.15) is 21.9 Å². The lowest BCUT2D eigenvalue weighted by Gasteiger charge is -2.09. The Labute approximate surface area is 174 Å². The zero-order valence-corrected chi connectivity index (χ0v) is 17.2. The minimum Gasteiger partial charge on any atom is -0.444 e. The molecule has 0 aliphatic carbocycles. The first-order valence-corrected chi connectivity index (χ1v) is 9.46. The second-order valence-corrected chi connectivity index (χ2v) is 6.97. The third-order valence-corrected chi connectivity index (χ3v) is 4.68. The molecule has 1 aromatic carbocycles. The number of aromatic nitrogens is 4. The number of anilines is 1. The van der Waals surface area contributed by atoms with E-state index in [0.29, 0.717) is 27.8 Å². The molecule has 0 atom stereocenters. The van der Waals surface area contributed by atoms with E-state index in [1.807, 2.05) is 18.4 Å². The maximum atomic E-state index is 12.1. The molecular formula is C20H16BrN5O3. The van der Waals surface area contributed by atoms with Crippen molar-refractivity contribution < 1.29 is 13.9 Å². The van der Waals surface area contributed by atoms with E-state index < -0.39 is 0 Å². The zero-order chi connectivity index (χ0) is 20.4. The highest BCUT2D eigenvalue weighted by Crippen LogP contribution is 2.23. The fourth-order valence-electron chi connectivity index (χ4n) is 2.60. The number of benzene rings is 1. The summed E-state index contributed by atoms with van der Waals surface area (Å²) in [5.74, 6) is 1.53. The normalized spacial score (nSPS) is 10.7. The summed E-state index contributed by atoms with van der Waals surface area (Å²) in [4.78, 5) is 24.8. The number of rotatable bonds is 5. The van der Waals surface area contributed by atoms with Gasteiger partial charge in [0.2, 0.25) is 5.88 Å². The molecule has 1 N–H and O–H groups in total. The van der Waals surface area contributed by atoms with Crippen molar-refractivity contribution in [3.63, 3.8) is 0 Å². The summed E-state index contributed by atoms with van der Waals surface area (Å²) in [6.45, 7) is 3.91. The molecule has 3 heterocycles. The number of halogens is 1. The minimum absolute atomic E-state index is 0.218. The number of furan rings is 1. The molecule has 0 fully saturated rings. The van der Waals surface area contributed by atoms with Gasteiger partial charge in [-0.1, -0.05) is 0 Å². The van der Waals surface area contributed by atoms with Gasteiger partial charge in [0.15, 0.2) is 10.4 Å². The molecule has 0 aliphatic rings. The molecule has 29 heavy (non-hydrogen) atoms. The summed E-state index contributed by atoms with van der Waals surface area (Å²) in [7, 11) is 0. The van der Waals surface area contributed by atoms with E-state index in [0.717, 1.165) is 11.4 Å². The Kier molecular flexibility index (Phi) is 5.13. The summed E-state index contributed by atoms with van der Waals surface area (Å²) in [5.41, 5.74) is 2.55. The average molecular weight is 454 g/mol. The largest absolute Gasteiger partial charge is 0.444 e. The van der Waals surface area contributed by atoms with Gasteiger partial charge in [0.25, 0.3) is 5.91 Å². The highest BCUT2D eigenvalue weighted by Gasteiger charge is 2.11. The van der Waals surface area contributed by atoms with Crippen molar-refractivity contribution in [1.29, 1.82) is 0 Å². The van der Waals surface area contributed by atoms with Crippen LogP contribution in [-0.2, 0) is 0 Å². The summed E-state index contributed by atoms with van der Waals surface area (Å²) in [5, 5.41) is 2.76. The Hall–Kier alpha value is -3.46. The van der Waals surface area contributed by atoms with Crippen LogP contribution in [0.25, 0.3) is 5.82 Å². The van der Waals surface area contributed by atoms with E-state index in [-0.39, 0.29) is 11.7 Å². The summed E-state index contributed by atoms with van der Waals surface area (Å²) < 4.78 is 13.4. The third-order valence-electron chi connectivity index (χ3n) is 4.26. The fourth-order valence-corrected chi connectivity index (χ4v) is 2.91. The number of carbonyl (C=O) groups excluding carboxylic acids is 1. The first-order valence-electron chi connectivity index (χ1n) is 8.67. The molecule has 146 valence electrons. The number of carbonyl (C=O) groups is 1. The minimum atomic E-state index is -0.337. The van der Waals surface area contributed by atoms with E-state index in [1.165, 1.54) is 6.33 Å². The maximum Gasteiger partial charge on any atom is 0.291 e. The van der Waals surface area contributed by atoms with Gasteiger partial charge in [-0.3, -0.25) is 9.36 Å². The van der Waals surface area contributed by atoms with Gasteiger partial charge in [0.05, 0.1) is 5.69 Å². The lowest BCUT2D eigenvalue weighted by molar-refractivity contribution is 0.0995. The van der Waals surface area contributed by atoms with Crippen LogP contribution in [0.5, 0.6) is 11.6 Å². The molecular weight excluding hydrogens is 438 g/mol. The number of hydrogen-bond donors (Lipinski definition) is 1. The van der Waals surface area contributed by atoms with E-state index in [4.69, 9.17) is 9.15 Å². The standard InChI is InChI=1S/C20H16BrN5O3/c1-12-13(2)26(11-24-12)18-9-19(23-10-22-18)28-15-5-3-14(4-6-15)25-20(27)16-7-8-17(21)29-16/h3-11H,1-2H3,(H,25,27). The number of hydrogen-bond acceptors (Lipinski definition) is 6. The third kappa shape index (κ3) is 4.19. The van der Waals surface area contributed by atoms with Crippen LogP contribution in [0.2, 0.25) is 0 Å². The molecule has 0 radical (unpaired) electrons. The molecule has 4 aromatic rings. The van der Waals surface area contributed by atoms with Crippen molar-refractivity contribution >= 4 is 27.5 Å². The number of nitrogens with one attached hydrogen (secondary N) is 1. The van der Waals surface area contributed by atoms with E-state index >= 15 is 0 Å². The van der Waals surface area contributed by atoms with Gasteiger partial charge >= 0.3 is 0 Å².